The molecule has 2 atom stereocenters. The Morgan fingerprint density at radius 1 is 1.45 bits per heavy atom. The highest BCUT2D eigenvalue weighted by Gasteiger charge is 2.33. The fraction of sp³-hybridized carbons (Fsp3) is 0.714. The second-order valence-corrected chi connectivity index (χ2v) is 6.92. The van der Waals surface area contributed by atoms with Crippen LogP contribution in [0.25, 0.3) is 0 Å². The van der Waals surface area contributed by atoms with E-state index in [2.05, 4.69) is 22.1 Å². The summed E-state index contributed by atoms with van der Waals surface area (Å²) in [5.74, 6) is 1.70. The van der Waals surface area contributed by atoms with Gasteiger partial charge in [-0.25, -0.2) is 4.98 Å². The summed E-state index contributed by atoms with van der Waals surface area (Å²) in [6, 6.07) is 0. The largest absolute Gasteiger partial charge is 0.382 e. The van der Waals surface area contributed by atoms with Gasteiger partial charge in [0, 0.05) is 19.6 Å². The number of anilines is 2. The zero-order valence-corrected chi connectivity index (χ0v) is 12.7. The molecule has 6 heteroatoms. The molecule has 0 spiro atoms. The maximum absolute atomic E-state index is 12.2. The van der Waals surface area contributed by atoms with E-state index in [9.17, 15) is 4.79 Å². The van der Waals surface area contributed by atoms with Crippen LogP contribution in [0.15, 0.2) is 0 Å². The van der Waals surface area contributed by atoms with Crippen molar-refractivity contribution in [2.45, 2.75) is 32.6 Å². The molecule has 2 aliphatic rings. The molecule has 1 aromatic heterocycles. The number of piperidine rings is 1. The Labute approximate surface area is 123 Å². The zero-order valence-electron chi connectivity index (χ0n) is 11.9. The Hall–Kier alpha value is -1.30. The second-order valence-electron chi connectivity index (χ2n) is 5.94. The van der Waals surface area contributed by atoms with Crippen molar-refractivity contribution in [2.75, 3.05) is 30.3 Å². The third-order valence-corrected chi connectivity index (χ3v) is 5.41. The third kappa shape index (κ3) is 2.90. The van der Waals surface area contributed by atoms with Crippen LogP contribution in [0.1, 0.15) is 42.3 Å². The van der Waals surface area contributed by atoms with Crippen molar-refractivity contribution in [1.82, 2.24) is 10.3 Å². The van der Waals surface area contributed by atoms with Crippen LogP contribution < -0.4 is 16.0 Å². The quantitative estimate of drug-likeness (QED) is 0.892. The zero-order chi connectivity index (χ0) is 14.1. The molecular weight excluding hydrogens is 272 g/mol. The number of thiazole rings is 1. The van der Waals surface area contributed by atoms with Gasteiger partial charge in [0.2, 0.25) is 0 Å². The Kier molecular flexibility index (Phi) is 3.83. The first-order chi connectivity index (χ1) is 9.65. The number of hydrogen-bond donors (Lipinski definition) is 2. The molecule has 5 nitrogen and oxygen atoms in total. The molecule has 1 saturated heterocycles. The fourth-order valence-corrected chi connectivity index (χ4v) is 3.64. The van der Waals surface area contributed by atoms with E-state index in [1.165, 1.54) is 37.0 Å². The summed E-state index contributed by atoms with van der Waals surface area (Å²) < 4.78 is 0. The molecule has 1 aliphatic carbocycles. The SMILES string of the molecule is CC1CC1CNC(=O)c1sc(N2CCCCC2)nc1N. The molecule has 2 heterocycles. The summed E-state index contributed by atoms with van der Waals surface area (Å²) in [5, 5.41) is 3.88. The topological polar surface area (TPSA) is 71.2 Å². The highest BCUT2D eigenvalue weighted by Crippen LogP contribution is 2.37. The number of amides is 1. The Bertz CT molecular complexity index is 495. The number of carbonyl (C=O) groups excluding carboxylic acids is 1. The van der Waals surface area contributed by atoms with Gasteiger partial charge in [-0.3, -0.25) is 4.79 Å². The minimum atomic E-state index is -0.0673. The predicted octanol–water partition coefficient (Wildman–Crippen LogP) is 2.10. The average molecular weight is 294 g/mol. The number of nitrogen functional groups attached to an aromatic ring is 1. The first-order valence-corrected chi connectivity index (χ1v) is 8.26. The molecule has 2 fully saturated rings. The lowest BCUT2D eigenvalue weighted by Gasteiger charge is -2.25. The summed E-state index contributed by atoms with van der Waals surface area (Å²) in [6.07, 6.45) is 4.89. The molecule has 1 aromatic rings. The smallest absolute Gasteiger partial charge is 0.265 e. The molecule has 110 valence electrons. The second kappa shape index (κ2) is 5.60. The van der Waals surface area contributed by atoms with E-state index in [0.717, 1.165) is 30.7 Å². The molecule has 0 bridgehead atoms. The van der Waals surface area contributed by atoms with E-state index < -0.39 is 0 Å². The van der Waals surface area contributed by atoms with Gasteiger partial charge in [-0.1, -0.05) is 18.3 Å². The van der Waals surface area contributed by atoms with Crippen LogP contribution in [0.4, 0.5) is 10.9 Å². The summed E-state index contributed by atoms with van der Waals surface area (Å²) in [4.78, 5) is 19.3. The van der Waals surface area contributed by atoms with E-state index in [1.54, 1.807) is 0 Å². The van der Waals surface area contributed by atoms with Crippen LogP contribution in [0.3, 0.4) is 0 Å². The highest BCUT2D eigenvalue weighted by molar-refractivity contribution is 7.18. The van der Waals surface area contributed by atoms with Crippen molar-refractivity contribution in [1.29, 1.82) is 0 Å². The fourth-order valence-electron chi connectivity index (χ4n) is 2.69. The monoisotopic (exact) mass is 294 g/mol. The number of nitrogens with zero attached hydrogens (tertiary/aromatic N) is 2. The van der Waals surface area contributed by atoms with E-state index in [-0.39, 0.29) is 5.91 Å². The molecule has 3 N–H and O–H groups in total. The Morgan fingerprint density at radius 2 is 2.15 bits per heavy atom. The highest BCUT2D eigenvalue weighted by atomic mass is 32.1. The molecule has 0 aromatic carbocycles. The molecule has 0 radical (unpaired) electrons. The summed E-state index contributed by atoms with van der Waals surface area (Å²) in [6.45, 7) is 5.02. The van der Waals surface area contributed by atoms with Gasteiger partial charge in [-0.15, -0.1) is 0 Å². The van der Waals surface area contributed by atoms with Gasteiger partial charge in [0.1, 0.15) is 10.7 Å². The molecule has 20 heavy (non-hydrogen) atoms. The van der Waals surface area contributed by atoms with Crippen LogP contribution in [0, 0.1) is 11.8 Å². The first-order valence-electron chi connectivity index (χ1n) is 7.44. The normalized spacial score (nSPS) is 25.6. The maximum atomic E-state index is 12.2. The Balaban J connectivity index is 1.63. The molecule has 1 saturated carbocycles. The number of nitrogens with one attached hydrogen (secondary N) is 1. The summed E-state index contributed by atoms with van der Waals surface area (Å²) >= 11 is 1.42. The van der Waals surface area contributed by atoms with Gasteiger partial charge in [-0.05, 0) is 37.5 Å². The summed E-state index contributed by atoms with van der Waals surface area (Å²) in [7, 11) is 0. The Morgan fingerprint density at radius 3 is 2.80 bits per heavy atom. The predicted molar refractivity (Wildman–Crippen MR) is 82.2 cm³/mol. The van der Waals surface area contributed by atoms with Crippen LogP contribution >= 0.6 is 11.3 Å². The number of carbonyl (C=O) groups is 1. The van der Waals surface area contributed by atoms with Crippen LogP contribution in [-0.2, 0) is 0 Å². The molecule has 3 rings (SSSR count). The van der Waals surface area contributed by atoms with Gasteiger partial charge in [0.25, 0.3) is 5.91 Å². The van der Waals surface area contributed by atoms with E-state index >= 15 is 0 Å². The van der Waals surface area contributed by atoms with Crippen molar-refractivity contribution in [3.63, 3.8) is 0 Å². The van der Waals surface area contributed by atoms with Crippen LogP contribution in [-0.4, -0.2) is 30.5 Å². The molecular formula is C14H22N4OS. The van der Waals surface area contributed by atoms with Gasteiger partial charge < -0.3 is 16.0 Å². The molecule has 1 aliphatic heterocycles. The van der Waals surface area contributed by atoms with Crippen LogP contribution in [0.5, 0.6) is 0 Å². The lowest BCUT2D eigenvalue weighted by atomic mass is 10.1. The van der Waals surface area contributed by atoms with Crippen molar-refractivity contribution < 1.29 is 4.79 Å². The third-order valence-electron chi connectivity index (χ3n) is 4.28. The maximum Gasteiger partial charge on any atom is 0.265 e. The van der Waals surface area contributed by atoms with Gasteiger partial charge in [-0.2, -0.15) is 0 Å². The number of hydrogen-bond acceptors (Lipinski definition) is 5. The number of nitrogens with two attached hydrogens (primary N) is 1. The van der Waals surface area contributed by atoms with Gasteiger partial charge >= 0.3 is 0 Å². The molecule has 1 amide bonds. The number of aromatic nitrogens is 1. The standard InChI is InChI=1S/C14H22N4OS/c1-9-7-10(9)8-16-13(19)11-12(15)17-14(20-11)18-5-3-2-4-6-18/h9-10H,2-8,15H2,1H3,(H,16,19). The van der Waals surface area contributed by atoms with Crippen molar-refractivity contribution >= 4 is 28.2 Å². The average Bonchev–Trinajstić information content (AvgIpc) is 3.02. The van der Waals surface area contributed by atoms with Crippen molar-refractivity contribution in [2.24, 2.45) is 11.8 Å². The minimum Gasteiger partial charge on any atom is -0.382 e. The van der Waals surface area contributed by atoms with Crippen molar-refractivity contribution in [3.8, 4) is 0 Å². The minimum absolute atomic E-state index is 0.0673. The molecule has 2 unspecified atom stereocenters. The first kappa shape index (κ1) is 13.7. The lowest BCUT2D eigenvalue weighted by molar-refractivity contribution is 0.0956. The van der Waals surface area contributed by atoms with E-state index in [1.807, 2.05) is 0 Å². The van der Waals surface area contributed by atoms with Gasteiger partial charge in [0.05, 0.1) is 0 Å². The van der Waals surface area contributed by atoms with E-state index in [4.69, 9.17) is 5.73 Å². The lowest BCUT2D eigenvalue weighted by Crippen LogP contribution is -2.29. The van der Waals surface area contributed by atoms with Gasteiger partial charge in [0.15, 0.2) is 5.13 Å². The van der Waals surface area contributed by atoms with E-state index in [0.29, 0.717) is 16.6 Å². The van der Waals surface area contributed by atoms with Crippen molar-refractivity contribution in [3.05, 3.63) is 4.88 Å². The van der Waals surface area contributed by atoms with Crippen LogP contribution in [0.2, 0.25) is 0 Å². The number of rotatable bonds is 4. The summed E-state index contributed by atoms with van der Waals surface area (Å²) in [5.41, 5.74) is 5.91.